The predicted octanol–water partition coefficient (Wildman–Crippen LogP) is 7.19. The van der Waals surface area contributed by atoms with Crippen LogP contribution >= 0.6 is 11.6 Å². The van der Waals surface area contributed by atoms with Gasteiger partial charge < -0.3 is 29.6 Å². The summed E-state index contributed by atoms with van der Waals surface area (Å²) in [7, 11) is 0. The Morgan fingerprint density at radius 1 is 0.974 bits per heavy atom. The number of nitrogens with zero attached hydrogens (tertiary/aromatic N) is 1. The fourth-order valence-electron chi connectivity index (χ4n) is 4.21. The molecule has 2 heterocycles. The molecule has 194 valence electrons. The molecule has 1 aliphatic heterocycles. The minimum atomic E-state index is -0.357. The SMILES string of the molecule is Cc1cc(NC(=O)Nc2ccc(Oc3ccnc4cc(OCC5CC5)c5c(c34)OCCO5)cc2)ccc1Cl. The van der Waals surface area contributed by atoms with Crippen molar-refractivity contribution in [2.24, 2.45) is 5.92 Å². The smallest absolute Gasteiger partial charge is 0.323 e. The Morgan fingerprint density at radius 3 is 2.47 bits per heavy atom. The molecule has 1 fully saturated rings. The highest BCUT2D eigenvalue weighted by Gasteiger charge is 2.27. The Bertz CT molecular complexity index is 1500. The van der Waals surface area contributed by atoms with E-state index in [9.17, 15) is 4.79 Å². The fraction of sp³-hybridized carbons (Fsp3) is 0.241. The van der Waals surface area contributed by atoms with Crippen molar-refractivity contribution in [1.82, 2.24) is 4.98 Å². The van der Waals surface area contributed by atoms with Gasteiger partial charge in [-0.2, -0.15) is 0 Å². The third-order valence-electron chi connectivity index (χ3n) is 6.37. The van der Waals surface area contributed by atoms with Crippen molar-refractivity contribution < 1.29 is 23.7 Å². The van der Waals surface area contributed by atoms with Crippen LogP contribution in [-0.2, 0) is 0 Å². The van der Waals surface area contributed by atoms with E-state index in [-0.39, 0.29) is 6.03 Å². The molecule has 0 unspecified atom stereocenters. The van der Waals surface area contributed by atoms with E-state index in [0.29, 0.717) is 76.4 Å². The third kappa shape index (κ3) is 5.26. The minimum absolute atomic E-state index is 0.357. The summed E-state index contributed by atoms with van der Waals surface area (Å²) in [4.78, 5) is 17.0. The molecule has 1 aliphatic carbocycles. The number of benzene rings is 3. The lowest BCUT2D eigenvalue weighted by molar-refractivity contribution is 0.163. The van der Waals surface area contributed by atoms with E-state index in [1.54, 1.807) is 48.7 Å². The van der Waals surface area contributed by atoms with Gasteiger partial charge in [-0.05, 0) is 79.8 Å². The molecule has 2 N–H and O–H groups in total. The molecule has 2 amide bonds. The van der Waals surface area contributed by atoms with Gasteiger partial charge in [0.1, 0.15) is 24.7 Å². The third-order valence-corrected chi connectivity index (χ3v) is 6.79. The number of nitrogens with one attached hydrogen (secondary N) is 2. The van der Waals surface area contributed by atoms with E-state index in [0.717, 1.165) is 10.9 Å². The molecule has 0 spiro atoms. The van der Waals surface area contributed by atoms with E-state index >= 15 is 0 Å². The summed E-state index contributed by atoms with van der Waals surface area (Å²) in [5.41, 5.74) is 2.86. The number of halogens is 1. The summed E-state index contributed by atoms with van der Waals surface area (Å²) in [5.74, 6) is 3.60. The number of pyridine rings is 1. The summed E-state index contributed by atoms with van der Waals surface area (Å²) < 4.78 is 24.2. The van der Waals surface area contributed by atoms with Crippen LogP contribution in [0.4, 0.5) is 16.2 Å². The van der Waals surface area contributed by atoms with E-state index in [1.165, 1.54) is 12.8 Å². The standard InChI is InChI=1S/C29H26ClN3O5/c1-17-14-20(6-9-22(17)30)33-29(34)32-19-4-7-21(8-5-19)38-24-10-11-31-23-15-25(37-16-18-2-3-18)27-28(26(23)24)36-13-12-35-27/h4-11,14-15,18H,2-3,12-13,16H2,1H3,(H2,32,33,34). The van der Waals surface area contributed by atoms with Gasteiger partial charge in [-0.1, -0.05) is 11.6 Å². The van der Waals surface area contributed by atoms with Crippen LogP contribution in [0, 0.1) is 12.8 Å². The molecule has 0 radical (unpaired) electrons. The van der Waals surface area contributed by atoms with Crippen molar-refractivity contribution in [2.45, 2.75) is 19.8 Å². The first-order valence-corrected chi connectivity index (χ1v) is 12.9. The molecule has 1 aromatic heterocycles. The molecule has 0 atom stereocenters. The average molecular weight is 532 g/mol. The van der Waals surface area contributed by atoms with Crippen LogP contribution in [0.2, 0.25) is 5.02 Å². The van der Waals surface area contributed by atoms with Crippen molar-refractivity contribution in [3.63, 3.8) is 0 Å². The average Bonchev–Trinajstić information content (AvgIpc) is 3.75. The number of rotatable bonds is 7. The minimum Gasteiger partial charge on any atom is -0.489 e. The van der Waals surface area contributed by atoms with Gasteiger partial charge in [0.2, 0.25) is 5.75 Å². The van der Waals surface area contributed by atoms with E-state index < -0.39 is 0 Å². The monoisotopic (exact) mass is 531 g/mol. The number of aryl methyl sites for hydroxylation is 1. The molecule has 8 nitrogen and oxygen atoms in total. The maximum Gasteiger partial charge on any atom is 0.323 e. The molecule has 0 bridgehead atoms. The highest BCUT2D eigenvalue weighted by molar-refractivity contribution is 6.31. The predicted molar refractivity (Wildman–Crippen MR) is 146 cm³/mol. The van der Waals surface area contributed by atoms with Crippen molar-refractivity contribution in [1.29, 1.82) is 0 Å². The normalized spacial score (nSPS) is 14.2. The molecule has 38 heavy (non-hydrogen) atoms. The zero-order valence-electron chi connectivity index (χ0n) is 20.8. The van der Waals surface area contributed by atoms with Gasteiger partial charge in [0.15, 0.2) is 11.5 Å². The second-order valence-corrected chi connectivity index (χ2v) is 9.76. The molecule has 9 heteroatoms. The Morgan fingerprint density at radius 2 is 1.71 bits per heavy atom. The van der Waals surface area contributed by atoms with Gasteiger partial charge in [0, 0.05) is 28.7 Å². The maximum absolute atomic E-state index is 12.4. The first-order chi connectivity index (χ1) is 18.5. The number of hydrogen-bond acceptors (Lipinski definition) is 6. The van der Waals surface area contributed by atoms with Crippen molar-refractivity contribution in [2.75, 3.05) is 30.5 Å². The van der Waals surface area contributed by atoms with Crippen LogP contribution in [0.3, 0.4) is 0 Å². The molecular weight excluding hydrogens is 506 g/mol. The summed E-state index contributed by atoms with van der Waals surface area (Å²) >= 11 is 6.06. The van der Waals surface area contributed by atoms with E-state index in [2.05, 4.69) is 15.6 Å². The van der Waals surface area contributed by atoms with Gasteiger partial charge >= 0.3 is 6.03 Å². The van der Waals surface area contributed by atoms with E-state index in [1.807, 2.05) is 19.1 Å². The molecule has 2 aliphatic rings. The number of fused-ring (bicyclic) bond motifs is 3. The van der Waals surface area contributed by atoms with Crippen LogP contribution in [0.5, 0.6) is 28.7 Å². The summed E-state index contributed by atoms with van der Waals surface area (Å²) in [5, 5.41) is 6.99. The van der Waals surface area contributed by atoms with Crippen LogP contribution in [0.1, 0.15) is 18.4 Å². The van der Waals surface area contributed by atoms with Gasteiger partial charge in [-0.25, -0.2) is 4.79 Å². The van der Waals surface area contributed by atoms with Gasteiger partial charge in [0.05, 0.1) is 17.5 Å². The van der Waals surface area contributed by atoms with Gasteiger partial charge in [-0.15, -0.1) is 0 Å². The maximum atomic E-state index is 12.4. The number of amides is 2. The van der Waals surface area contributed by atoms with Crippen LogP contribution in [-0.4, -0.2) is 30.8 Å². The molecule has 3 aromatic carbocycles. The van der Waals surface area contributed by atoms with Crippen LogP contribution in [0.15, 0.2) is 60.8 Å². The Hall–Kier alpha value is -4.17. The van der Waals surface area contributed by atoms with Crippen molar-refractivity contribution >= 4 is 39.9 Å². The lowest BCUT2D eigenvalue weighted by Gasteiger charge is -2.23. The zero-order valence-corrected chi connectivity index (χ0v) is 21.5. The lowest BCUT2D eigenvalue weighted by Crippen LogP contribution is -2.19. The van der Waals surface area contributed by atoms with Crippen LogP contribution < -0.4 is 29.6 Å². The summed E-state index contributed by atoms with van der Waals surface area (Å²) in [6, 6.07) is 15.7. The van der Waals surface area contributed by atoms with Gasteiger partial charge in [0.25, 0.3) is 0 Å². The summed E-state index contributed by atoms with van der Waals surface area (Å²) in [6.45, 7) is 3.43. The van der Waals surface area contributed by atoms with E-state index in [4.69, 9.17) is 30.5 Å². The molecule has 1 saturated carbocycles. The number of urea groups is 1. The number of carbonyl (C=O) groups excluding carboxylic acids is 1. The molecule has 6 rings (SSSR count). The number of anilines is 2. The Labute approximate surface area is 224 Å². The Balaban J connectivity index is 1.19. The molecule has 4 aromatic rings. The first kappa shape index (κ1) is 24.2. The molecular formula is C29H26ClN3O5. The topological polar surface area (TPSA) is 90.9 Å². The molecule has 0 saturated heterocycles. The highest BCUT2D eigenvalue weighted by Crippen LogP contribution is 2.48. The number of ether oxygens (including phenoxy) is 4. The second-order valence-electron chi connectivity index (χ2n) is 9.36. The largest absolute Gasteiger partial charge is 0.489 e. The quantitative estimate of drug-likeness (QED) is 0.262. The van der Waals surface area contributed by atoms with Crippen molar-refractivity contribution in [3.05, 3.63) is 71.4 Å². The van der Waals surface area contributed by atoms with Gasteiger partial charge in [-0.3, -0.25) is 4.98 Å². The second kappa shape index (κ2) is 10.3. The number of aromatic nitrogens is 1. The van der Waals surface area contributed by atoms with Crippen LogP contribution in [0.25, 0.3) is 10.9 Å². The fourth-order valence-corrected chi connectivity index (χ4v) is 4.33. The van der Waals surface area contributed by atoms with Crippen molar-refractivity contribution in [3.8, 4) is 28.7 Å². The summed E-state index contributed by atoms with van der Waals surface area (Å²) in [6.07, 6.45) is 4.09. The lowest BCUT2D eigenvalue weighted by atomic mass is 10.1. The number of hydrogen-bond donors (Lipinski definition) is 2. The first-order valence-electron chi connectivity index (χ1n) is 12.5. The number of carbonyl (C=O) groups is 1. The zero-order chi connectivity index (χ0) is 26.1. The Kier molecular flexibility index (Phi) is 6.55. The highest BCUT2D eigenvalue weighted by atomic mass is 35.5.